The Morgan fingerprint density at radius 1 is 1.50 bits per heavy atom. The number of H-pyrrole nitrogens is 1. The summed E-state index contributed by atoms with van der Waals surface area (Å²) in [6.45, 7) is 9.14. The molecule has 1 fully saturated rings. The maximum absolute atomic E-state index is 12.1. The van der Waals surface area contributed by atoms with Crippen LogP contribution in [0.25, 0.3) is 0 Å². The number of carbonyl (C=O) groups is 1. The number of aromatic amines is 1. The van der Waals surface area contributed by atoms with E-state index in [9.17, 15) is 4.79 Å². The largest absolute Gasteiger partial charge is 0.339 e. The predicted octanol–water partition coefficient (Wildman–Crippen LogP) is 1.83. The SMILES string of the molecule is CC1CC1CN(C)C(=O)c1n[nH]c(C(C)(C)C)n1. The molecule has 0 aliphatic heterocycles. The summed E-state index contributed by atoms with van der Waals surface area (Å²) in [6.07, 6.45) is 1.22. The van der Waals surface area contributed by atoms with Gasteiger partial charge in [0, 0.05) is 19.0 Å². The zero-order valence-corrected chi connectivity index (χ0v) is 11.8. The molecule has 18 heavy (non-hydrogen) atoms. The molecule has 5 heteroatoms. The first-order valence-corrected chi connectivity index (χ1v) is 6.47. The molecule has 1 amide bonds. The Labute approximate surface area is 108 Å². The van der Waals surface area contributed by atoms with Crippen molar-refractivity contribution in [2.45, 2.75) is 39.5 Å². The lowest BCUT2D eigenvalue weighted by Crippen LogP contribution is -2.30. The van der Waals surface area contributed by atoms with Crippen LogP contribution >= 0.6 is 0 Å². The van der Waals surface area contributed by atoms with Gasteiger partial charge in [0.05, 0.1) is 0 Å². The fraction of sp³-hybridized carbons (Fsp3) is 0.769. The van der Waals surface area contributed by atoms with Gasteiger partial charge in [-0.15, -0.1) is 5.10 Å². The number of nitrogens with zero attached hydrogens (tertiary/aromatic N) is 3. The molecule has 1 heterocycles. The molecule has 0 bridgehead atoms. The molecule has 2 rings (SSSR count). The summed E-state index contributed by atoms with van der Waals surface area (Å²) in [5.41, 5.74) is -0.116. The van der Waals surface area contributed by atoms with Gasteiger partial charge in [-0.25, -0.2) is 4.98 Å². The first-order chi connectivity index (χ1) is 8.29. The lowest BCUT2D eigenvalue weighted by Gasteiger charge is -2.15. The van der Waals surface area contributed by atoms with Crippen molar-refractivity contribution in [2.24, 2.45) is 11.8 Å². The van der Waals surface area contributed by atoms with Crippen molar-refractivity contribution >= 4 is 5.91 Å². The summed E-state index contributed by atoms with van der Waals surface area (Å²) in [7, 11) is 1.82. The molecule has 100 valence electrons. The number of nitrogens with one attached hydrogen (secondary N) is 1. The van der Waals surface area contributed by atoms with E-state index in [1.54, 1.807) is 4.90 Å². The number of amides is 1. The second-order valence-corrected chi connectivity index (χ2v) is 6.42. The Kier molecular flexibility index (Phi) is 3.17. The van der Waals surface area contributed by atoms with E-state index in [0.717, 1.165) is 18.3 Å². The van der Waals surface area contributed by atoms with E-state index < -0.39 is 0 Å². The summed E-state index contributed by atoms with van der Waals surface area (Å²) >= 11 is 0. The highest BCUT2D eigenvalue weighted by atomic mass is 16.2. The van der Waals surface area contributed by atoms with Crippen molar-refractivity contribution in [1.82, 2.24) is 20.1 Å². The maximum atomic E-state index is 12.1. The topological polar surface area (TPSA) is 61.9 Å². The van der Waals surface area contributed by atoms with Gasteiger partial charge in [0.1, 0.15) is 5.82 Å². The van der Waals surface area contributed by atoms with Crippen LogP contribution in [0.4, 0.5) is 0 Å². The number of hydrogen-bond acceptors (Lipinski definition) is 3. The van der Waals surface area contributed by atoms with E-state index in [0.29, 0.717) is 5.92 Å². The van der Waals surface area contributed by atoms with Crippen molar-refractivity contribution in [3.63, 3.8) is 0 Å². The Bertz CT molecular complexity index is 446. The molecule has 1 N–H and O–H groups in total. The molecule has 1 saturated carbocycles. The van der Waals surface area contributed by atoms with Gasteiger partial charge in [-0.2, -0.15) is 0 Å². The number of carbonyl (C=O) groups excluding carboxylic acids is 1. The van der Waals surface area contributed by atoms with Crippen LogP contribution in [0.2, 0.25) is 0 Å². The number of aromatic nitrogens is 3. The van der Waals surface area contributed by atoms with Crippen LogP contribution in [0.1, 0.15) is 50.6 Å². The average Bonchev–Trinajstić information content (AvgIpc) is 2.81. The van der Waals surface area contributed by atoms with Crippen LogP contribution in [-0.2, 0) is 5.41 Å². The van der Waals surface area contributed by atoms with Crippen LogP contribution < -0.4 is 0 Å². The van der Waals surface area contributed by atoms with Gasteiger partial charge >= 0.3 is 0 Å². The summed E-state index contributed by atoms with van der Waals surface area (Å²) < 4.78 is 0. The second kappa shape index (κ2) is 4.37. The molecule has 1 aromatic rings. The summed E-state index contributed by atoms with van der Waals surface area (Å²) in [4.78, 5) is 18.2. The van der Waals surface area contributed by atoms with Crippen LogP contribution in [0.3, 0.4) is 0 Å². The second-order valence-electron chi connectivity index (χ2n) is 6.42. The molecule has 2 atom stereocenters. The third-order valence-electron chi connectivity index (χ3n) is 3.52. The minimum absolute atomic E-state index is 0.0964. The summed E-state index contributed by atoms with van der Waals surface area (Å²) in [6, 6.07) is 0. The van der Waals surface area contributed by atoms with Crippen LogP contribution in [0.5, 0.6) is 0 Å². The molecule has 1 aliphatic rings. The molecular weight excluding hydrogens is 228 g/mol. The Balaban J connectivity index is 2.02. The van der Waals surface area contributed by atoms with Crippen molar-refractivity contribution in [2.75, 3.05) is 13.6 Å². The Hall–Kier alpha value is -1.39. The molecule has 1 aliphatic carbocycles. The van der Waals surface area contributed by atoms with Gasteiger partial charge in [-0.1, -0.05) is 27.7 Å². The van der Waals surface area contributed by atoms with Crippen molar-refractivity contribution < 1.29 is 4.79 Å². The van der Waals surface area contributed by atoms with Crippen LogP contribution in [0.15, 0.2) is 0 Å². The zero-order chi connectivity index (χ0) is 13.5. The average molecular weight is 250 g/mol. The van der Waals surface area contributed by atoms with Gasteiger partial charge in [0.2, 0.25) is 5.82 Å². The first-order valence-electron chi connectivity index (χ1n) is 6.47. The smallest absolute Gasteiger partial charge is 0.293 e. The zero-order valence-electron chi connectivity index (χ0n) is 11.8. The first kappa shape index (κ1) is 13.1. The maximum Gasteiger partial charge on any atom is 0.293 e. The highest BCUT2D eigenvalue weighted by Crippen LogP contribution is 2.38. The van der Waals surface area contributed by atoms with Crippen LogP contribution in [-0.4, -0.2) is 39.6 Å². The van der Waals surface area contributed by atoms with E-state index in [1.165, 1.54) is 6.42 Å². The molecule has 2 unspecified atom stereocenters. The Morgan fingerprint density at radius 3 is 2.56 bits per heavy atom. The molecule has 0 saturated heterocycles. The summed E-state index contributed by atoms with van der Waals surface area (Å²) in [5.74, 6) is 2.33. The molecule has 0 spiro atoms. The lowest BCUT2D eigenvalue weighted by molar-refractivity contribution is 0.0775. The standard InChI is InChI=1S/C13H22N4O/c1-8-6-9(8)7-17(5)11(18)10-14-12(16-15-10)13(2,3)4/h8-9H,6-7H2,1-5H3,(H,14,15,16). The van der Waals surface area contributed by atoms with Crippen molar-refractivity contribution in [1.29, 1.82) is 0 Å². The molecular formula is C13H22N4O. The van der Waals surface area contributed by atoms with E-state index in [4.69, 9.17) is 0 Å². The monoisotopic (exact) mass is 250 g/mol. The van der Waals surface area contributed by atoms with Crippen molar-refractivity contribution in [3.8, 4) is 0 Å². The van der Waals surface area contributed by atoms with Crippen LogP contribution in [0, 0.1) is 11.8 Å². The molecule has 1 aromatic heterocycles. The highest BCUT2D eigenvalue weighted by molar-refractivity contribution is 5.90. The van der Waals surface area contributed by atoms with Gasteiger partial charge in [-0.05, 0) is 18.3 Å². The van der Waals surface area contributed by atoms with Gasteiger partial charge in [0.25, 0.3) is 5.91 Å². The van der Waals surface area contributed by atoms with E-state index >= 15 is 0 Å². The lowest BCUT2D eigenvalue weighted by atomic mass is 9.96. The molecule has 0 radical (unpaired) electrons. The van der Waals surface area contributed by atoms with Gasteiger partial charge < -0.3 is 4.90 Å². The van der Waals surface area contributed by atoms with Gasteiger partial charge in [-0.3, -0.25) is 9.89 Å². The van der Waals surface area contributed by atoms with E-state index in [2.05, 4.69) is 22.1 Å². The van der Waals surface area contributed by atoms with Crippen molar-refractivity contribution in [3.05, 3.63) is 11.6 Å². The molecule has 0 aromatic carbocycles. The highest BCUT2D eigenvalue weighted by Gasteiger charge is 2.35. The summed E-state index contributed by atoms with van der Waals surface area (Å²) in [5, 5.41) is 6.87. The third kappa shape index (κ3) is 2.71. The normalized spacial score (nSPS) is 22.9. The quantitative estimate of drug-likeness (QED) is 0.890. The fourth-order valence-electron chi connectivity index (χ4n) is 1.95. The fourth-order valence-corrected chi connectivity index (χ4v) is 1.95. The third-order valence-corrected chi connectivity index (χ3v) is 3.52. The van der Waals surface area contributed by atoms with E-state index in [-0.39, 0.29) is 17.1 Å². The number of rotatable bonds is 3. The Morgan fingerprint density at radius 2 is 2.11 bits per heavy atom. The van der Waals surface area contributed by atoms with E-state index in [1.807, 2.05) is 27.8 Å². The minimum atomic E-state index is -0.116. The minimum Gasteiger partial charge on any atom is -0.339 e. The molecule has 5 nitrogen and oxygen atoms in total. The number of hydrogen-bond donors (Lipinski definition) is 1. The predicted molar refractivity (Wildman–Crippen MR) is 69.3 cm³/mol. The van der Waals surface area contributed by atoms with Gasteiger partial charge in [0.15, 0.2) is 0 Å².